The number of rotatable bonds is 2. The maximum Gasteiger partial charge on any atom is 0.213 e. The largest absolute Gasteiger partial charge is 0.356 e. The van der Waals surface area contributed by atoms with E-state index in [1.807, 2.05) is 19.1 Å². The van der Waals surface area contributed by atoms with Gasteiger partial charge >= 0.3 is 0 Å². The monoisotopic (exact) mass is 296 g/mol. The van der Waals surface area contributed by atoms with Crippen molar-refractivity contribution in [3.63, 3.8) is 0 Å². The highest BCUT2D eigenvalue weighted by Crippen LogP contribution is 2.30. The van der Waals surface area contributed by atoms with Gasteiger partial charge in [-0.05, 0) is 31.9 Å². The highest BCUT2D eigenvalue weighted by molar-refractivity contribution is 5.86. The van der Waals surface area contributed by atoms with Crippen molar-refractivity contribution >= 4 is 16.9 Å². The van der Waals surface area contributed by atoms with Crippen LogP contribution in [0.2, 0.25) is 0 Å². The molecule has 22 heavy (non-hydrogen) atoms. The van der Waals surface area contributed by atoms with Crippen LogP contribution in [0.25, 0.3) is 11.0 Å². The maximum absolute atomic E-state index is 4.85. The van der Waals surface area contributed by atoms with Crippen molar-refractivity contribution in [2.24, 2.45) is 0 Å². The van der Waals surface area contributed by atoms with Gasteiger partial charge in [-0.3, -0.25) is 0 Å². The summed E-state index contributed by atoms with van der Waals surface area (Å²) in [5, 5.41) is 4.97. The predicted octanol–water partition coefficient (Wildman–Crippen LogP) is 2.10. The zero-order chi connectivity index (χ0) is 14.9. The molecule has 0 N–H and O–H groups in total. The Morgan fingerprint density at radius 3 is 2.82 bits per heavy atom. The average molecular weight is 296 g/mol. The fraction of sp³-hybridized carbons (Fsp3) is 0.400. The van der Waals surface area contributed by atoms with Crippen LogP contribution in [0.1, 0.15) is 30.4 Å². The molecule has 0 atom stereocenters. The SMILES string of the molecule is Cc1nc(N2CCC(c3ncon3)CC2)c2cccnc2n1. The van der Waals surface area contributed by atoms with Gasteiger partial charge in [0.2, 0.25) is 6.39 Å². The molecule has 3 aromatic heterocycles. The molecular formula is C15H16N6O. The highest BCUT2D eigenvalue weighted by atomic mass is 16.5. The summed E-state index contributed by atoms with van der Waals surface area (Å²) in [6, 6.07) is 3.96. The number of aryl methyl sites for hydroxylation is 1. The van der Waals surface area contributed by atoms with Crippen LogP contribution < -0.4 is 4.90 Å². The van der Waals surface area contributed by atoms with Crippen molar-refractivity contribution in [3.8, 4) is 0 Å². The smallest absolute Gasteiger partial charge is 0.213 e. The van der Waals surface area contributed by atoms with E-state index >= 15 is 0 Å². The van der Waals surface area contributed by atoms with Crippen molar-refractivity contribution in [2.45, 2.75) is 25.7 Å². The zero-order valence-corrected chi connectivity index (χ0v) is 12.3. The minimum Gasteiger partial charge on any atom is -0.356 e. The molecule has 0 radical (unpaired) electrons. The number of pyridine rings is 1. The van der Waals surface area contributed by atoms with Gasteiger partial charge < -0.3 is 9.42 Å². The Balaban J connectivity index is 1.61. The van der Waals surface area contributed by atoms with Gasteiger partial charge in [-0.25, -0.2) is 15.0 Å². The van der Waals surface area contributed by atoms with Gasteiger partial charge in [-0.1, -0.05) is 5.16 Å². The first-order chi connectivity index (χ1) is 10.8. The molecule has 7 heteroatoms. The first-order valence-electron chi connectivity index (χ1n) is 7.42. The molecule has 1 aliphatic heterocycles. The molecular weight excluding hydrogens is 280 g/mol. The molecule has 0 aromatic carbocycles. The summed E-state index contributed by atoms with van der Waals surface area (Å²) in [6.45, 7) is 3.74. The molecule has 0 amide bonds. The molecule has 1 fully saturated rings. The second kappa shape index (κ2) is 5.32. The number of nitrogens with zero attached hydrogens (tertiary/aromatic N) is 6. The summed E-state index contributed by atoms with van der Waals surface area (Å²) in [5.74, 6) is 2.90. The second-order valence-electron chi connectivity index (χ2n) is 5.52. The van der Waals surface area contributed by atoms with Gasteiger partial charge in [-0.15, -0.1) is 0 Å². The van der Waals surface area contributed by atoms with E-state index in [0.29, 0.717) is 5.92 Å². The summed E-state index contributed by atoms with van der Waals surface area (Å²) < 4.78 is 4.85. The molecule has 112 valence electrons. The molecule has 0 spiro atoms. The van der Waals surface area contributed by atoms with Crippen LogP contribution in [0.4, 0.5) is 5.82 Å². The molecule has 4 heterocycles. The molecule has 4 rings (SSSR count). The van der Waals surface area contributed by atoms with Gasteiger partial charge in [0.1, 0.15) is 11.6 Å². The van der Waals surface area contributed by atoms with Crippen molar-refractivity contribution in [3.05, 3.63) is 36.4 Å². The summed E-state index contributed by atoms with van der Waals surface area (Å²) in [5.41, 5.74) is 0.755. The van der Waals surface area contributed by atoms with Crippen molar-refractivity contribution in [2.75, 3.05) is 18.0 Å². The van der Waals surface area contributed by atoms with Crippen molar-refractivity contribution < 1.29 is 4.52 Å². The summed E-state index contributed by atoms with van der Waals surface area (Å²) >= 11 is 0. The molecule has 1 aliphatic rings. The van der Waals surface area contributed by atoms with E-state index in [1.165, 1.54) is 6.39 Å². The van der Waals surface area contributed by atoms with E-state index in [0.717, 1.165) is 54.4 Å². The minimum atomic E-state index is 0.363. The van der Waals surface area contributed by atoms with E-state index in [1.54, 1.807) is 6.20 Å². The lowest BCUT2D eigenvalue weighted by atomic mass is 9.96. The molecule has 0 unspecified atom stereocenters. The number of piperidine rings is 1. The van der Waals surface area contributed by atoms with Crippen LogP contribution >= 0.6 is 0 Å². The fourth-order valence-corrected chi connectivity index (χ4v) is 3.00. The van der Waals surface area contributed by atoms with Crippen LogP contribution in [0.3, 0.4) is 0 Å². The summed E-state index contributed by atoms with van der Waals surface area (Å²) in [6.07, 6.45) is 5.14. The van der Waals surface area contributed by atoms with E-state index in [2.05, 4.69) is 30.0 Å². The van der Waals surface area contributed by atoms with Gasteiger partial charge in [0.05, 0.1) is 5.39 Å². The number of fused-ring (bicyclic) bond motifs is 1. The number of hydrogen-bond donors (Lipinski definition) is 0. The van der Waals surface area contributed by atoms with Crippen LogP contribution in [-0.2, 0) is 0 Å². The molecule has 7 nitrogen and oxygen atoms in total. The molecule has 1 saturated heterocycles. The van der Waals surface area contributed by atoms with E-state index in [9.17, 15) is 0 Å². The lowest BCUT2D eigenvalue weighted by Gasteiger charge is -2.32. The molecule has 0 saturated carbocycles. The standard InChI is InChI=1S/C15H16N6O/c1-10-18-14-12(3-2-6-16-14)15(19-10)21-7-4-11(5-8-21)13-17-9-22-20-13/h2-3,6,9,11H,4-5,7-8H2,1H3. The third-order valence-corrected chi connectivity index (χ3v) is 4.10. The third kappa shape index (κ3) is 2.28. The lowest BCUT2D eigenvalue weighted by molar-refractivity contribution is 0.392. The summed E-state index contributed by atoms with van der Waals surface area (Å²) in [4.78, 5) is 19.9. The number of anilines is 1. The zero-order valence-electron chi connectivity index (χ0n) is 12.3. The Labute approximate surface area is 127 Å². The van der Waals surface area contributed by atoms with Crippen LogP contribution in [0.15, 0.2) is 29.2 Å². The van der Waals surface area contributed by atoms with Crippen molar-refractivity contribution in [1.29, 1.82) is 0 Å². The third-order valence-electron chi connectivity index (χ3n) is 4.10. The second-order valence-corrected chi connectivity index (χ2v) is 5.52. The maximum atomic E-state index is 4.85. The highest BCUT2D eigenvalue weighted by Gasteiger charge is 2.25. The first-order valence-corrected chi connectivity index (χ1v) is 7.42. The lowest BCUT2D eigenvalue weighted by Crippen LogP contribution is -2.34. The van der Waals surface area contributed by atoms with E-state index < -0.39 is 0 Å². The van der Waals surface area contributed by atoms with Crippen LogP contribution in [-0.4, -0.2) is 38.2 Å². The minimum absolute atomic E-state index is 0.363. The Hall–Kier alpha value is -2.57. The number of aromatic nitrogens is 5. The van der Waals surface area contributed by atoms with Crippen molar-refractivity contribution in [1.82, 2.24) is 25.1 Å². The van der Waals surface area contributed by atoms with Crippen LogP contribution in [0, 0.1) is 6.92 Å². The molecule has 0 bridgehead atoms. The first kappa shape index (κ1) is 13.1. The molecule has 0 aliphatic carbocycles. The van der Waals surface area contributed by atoms with Crippen LogP contribution in [0.5, 0.6) is 0 Å². The normalized spacial score (nSPS) is 16.3. The fourth-order valence-electron chi connectivity index (χ4n) is 3.00. The topological polar surface area (TPSA) is 80.8 Å². The Morgan fingerprint density at radius 1 is 1.18 bits per heavy atom. The van der Waals surface area contributed by atoms with Gasteiger partial charge in [0, 0.05) is 25.2 Å². The average Bonchev–Trinajstić information content (AvgIpc) is 3.09. The Morgan fingerprint density at radius 2 is 2.05 bits per heavy atom. The Kier molecular flexibility index (Phi) is 3.17. The Bertz CT molecular complexity index is 780. The predicted molar refractivity (Wildman–Crippen MR) is 80.6 cm³/mol. The van der Waals surface area contributed by atoms with E-state index in [4.69, 9.17) is 4.52 Å². The van der Waals surface area contributed by atoms with Gasteiger partial charge in [-0.2, -0.15) is 4.98 Å². The van der Waals surface area contributed by atoms with Gasteiger partial charge in [0.15, 0.2) is 11.5 Å². The van der Waals surface area contributed by atoms with E-state index in [-0.39, 0.29) is 0 Å². The molecule has 3 aromatic rings. The number of hydrogen-bond acceptors (Lipinski definition) is 7. The quantitative estimate of drug-likeness (QED) is 0.716. The summed E-state index contributed by atoms with van der Waals surface area (Å²) in [7, 11) is 0. The van der Waals surface area contributed by atoms with Gasteiger partial charge in [0.25, 0.3) is 0 Å².